The van der Waals surface area contributed by atoms with E-state index in [-0.39, 0.29) is 13.0 Å². The smallest absolute Gasteiger partial charge is 0.411 e. The van der Waals surface area contributed by atoms with Gasteiger partial charge in [-0.15, -0.1) is 0 Å². The van der Waals surface area contributed by atoms with E-state index < -0.39 is 29.2 Å². The zero-order valence-corrected chi connectivity index (χ0v) is 13.1. The number of aliphatic hydroxyl groups is 1. The Morgan fingerprint density at radius 1 is 1.32 bits per heavy atom. The van der Waals surface area contributed by atoms with Crippen molar-refractivity contribution in [1.29, 1.82) is 0 Å². The minimum Gasteiger partial charge on any atom is -0.444 e. The fourth-order valence-corrected chi connectivity index (χ4v) is 2.61. The molecule has 6 heteroatoms. The number of primary amides is 1. The summed E-state index contributed by atoms with van der Waals surface area (Å²) in [5.41, 5.74) is 4.04. The summed E-state index contributed by atoms with van der Waals surface area (Å²) in [5.74, 6) is -0.655. The molecular formula is C16H22N2O4. The van der Waals surface area contributed by atoms with Crippen molar-refractivity contribution >= 4 is 12.0 Å². The van der Waals surface area contributed by atoms with E-state index in [4.69, 9.17) is 10.5 Å². The van der Waals surface area contributed by atoms with Gasteiger partial charge in [-0.25, -0.2) is 4.79 Å². The number of β-amino-alcohol motifs (C(OH)–C–C–N with tert-alkyl or cyclic N) is 1. The number of nitrogens with zero attached hydrogens (tertiary/aromatic N) is 1. The molecule has 1 aliphatic heterocycles. The van der Waals surface area contributed by atoms with Crippen LogP contribution in [-0.2, 0) is 15.1 Å². The predicted octanol–water partition coefficient (Wildman–Crippen LogP) is 1.37. The molecule has 1 aromatic rings. The highest BCUT2D eigenvalue weighted by Gasteiger charge is 2.49. The fraction of sp³-hybridized carbons (Fsp3) is 0.500. The van der Waals surface area contributed by atoms with Crippen molar-refractivity contribution in [3.05, 3.63) is 35.9 Å². The number of likely N-dealkylation sites (tertiary alicyclic amines) is 1. The summed E-state index contributed by atoms with van der Waals surface area (Å²) >= 11 is 0. The molecular weight excluding hydrogens is 284 g/mol. The Morgan fingerprint density at radius 2 is 1.91 bits per heavy atom. The zero-order valence-electron chi connectivity index (χ0n) is 13.1. The highest BCUT2D eigenvalue weighted by atomic mass is 16.6. The van der Waals surface area contributed by atoms with E-state index in [0.29, 0.717) is 5.56 Å². The maximum atomic E-state index is 12.3. The van der Waals surface area contributed by atoms with Gasteiger partial charge in [-0.3, -0.25) is 9.69 Å². The third-order valence-electron chi connectivity index (χ3n) is 3.61. The van der Waals surface area contributed by atoms with Crippen LogP contribution in [0.1, 0.15) is 32.8 Å². The number of carbonyl (C=O) groups excluding carboxylic acids is 2. The average Bonchev–Trinajstić information content (AvgIpc) is 2.78. The van der Waals surface area contributed by atoms with E-state index in [9.17, 15) is 14.7 Å². The van der Waals surface area contributed by atoms with Crippen molar-refractivity contribution in [3.8, 4) is 0 Å². The van der Waals surface area contributed by atoms with Crippen LogP contribution in [0.3, 0.4) is 0 Å². The first-order valence-corrected chi connectivity index (χ1v) is 7.19. The Balaban J connectivity index is 2.27. The van der Waals surface area contributed by atoms with Gasteiger partial charge in [0.15, 0.2) is 0 Å². The average molecular weight is 306 g/mol. The lowest BCUT2D eigenvalue weighted by molar-refractivity contribution is -0.122. The van der Waals surface area contributed by atoms with Gasteiger partial charge >= 0.3 is 6.09 Å². The molecule has 0 spiro atoms. The zero-order chi connectivity index (χ0) is 16.5. The molecule has 0 bridgehead atoms. The van der Waals surface area contributed by atoms with E-state index in [1.54, 1.807) is 45.0 Å². The van der Waals surface area contributed by atoms with Gasteiger partial charge in [0.05, 0.1) is 6.54 Å². The number of rotatable bonds is 2. The fourth-order valence-electron chi connectivity index (χ4n) is 2.61. The molecule has 2 amide bonds. The molecule has 0 unspecified atom stereocenters. The van der Waals surface area contributed by atoms with E-state index in [2.05, 4.69) is 0 Å². The number of carbonyl (C=O) groups is 2. The Kier molecular flexibility index (Phi) is 4.15. The summed E-state index contributed by atoms with van der Waals surface area (Å²) in [6.45, 7) is 5.19. The summed E-state index contributed by atoms with van der Waals surface area (Å²) in [4.78, 5) is 25.2. The Hall–Kier alpha value is -2.08. The third-order valence-corrected chi connectivity index (χ3v) is 3.61. The quantitative estimate of drug-likeness (QED) is 0.863. The SMILES string of the molecule is CC(C)(C)OC(=O)N1C[C@](O)(c2ccccc2)C[C@H]1C(N)=O. The molecule has 3 N–H and O–H groups in total. The van der Waals surface area contributed by atoms with E-state index in [1.807, 2.05) is 6.07 Å². The predicted molar refractivity (Wildman–Crippen MR) is 80.9 cm³/mol. The summed E-state index contributed by atoms with van der Waals surface area (Å²) in [7, 11) is 0. The van der Waals surface area contributed by atoms with Crippen molar-refractivity contribution in [2.24, 2.45) is 5.73 Å². The molecule has 0 aliphatic carbocycles. The van der Waals surface area contributed by atoms with E-state index in [1.165, 1.54) is 4.90 Å². The van der Waals surface area contributed by atoms with Crippen LogP contribution < -0.4 is 5.73 Å². The molecule has 0 radical (unpaired) electrons. The van der Waals surface area contributed by atoms with Gasteiger partial charge in [-0.2, -0.15) is 0 Å². The molecule has 1 heterocycles. The number of hydrogen-bond acceptors (Lipinski definition) is 4. The summed E-state index contributed by atoms with van der Waals surface area (Å²) in [6, 6.07) is 8.05. The number of benzene rings is 1. The van der Waals surface area contributed by atoms with Crippen LogP contribution in [0.5, 0.6) is 0 Å². The molecule has 1 saturated heterocycles. The van der Waals surface area contributed by atoms with Crippen LogP contribution in [0.4, 0.5) is 4.79 Å². The number of hydrogen-bond donors (Lipinski definition) is 2. The lowest BCUT2D eigenvalue weighted by Crippen LogP contribution is -2.46. The molecule has 22 heavy (non-hydrogen) atoms. The first-order chi connectivity index (χ1) is 10.1. The molecule has 1 fully saturated rings. The van der Waals surface area contributed by atoms with Crippen LogP contribution in [0, 0.1) is 0 Å². The van der Waals surface area contributed by atoms with Crippen molar-refractivity contribution in [1.82, 2.24) is 4.90 Å². The largest absolute Gasteiger partial charge is 0.444 e. The van der Waals surface area contributed by atoms with E-state index >= 15 is 0 Å². The lowest BCUT2D eigenvalue weighted by Gasteiger charge is -2.27. The van der Waals surface area contributed by atoms with Crippen molar-refractivity contribution in [2.45, 2.75) is 44.4 Å². The Morgan fingerprint density at radius 3 is 2.41 bits per heavy atom. The standard InChI is InChI=1S/C16H22N2O4/c1-15(2,3)22-14(20)18-10-16(21,9-12(18)13(17)19)11-7-5-4-6-8-11/h4-8,12,21H,9-10H2,1-3H3,(H2,17,19)/t12-,16-/m0/s1. The number of nitrogens with two attached hydrogens (primary N) is 1. The minimum absolute atomic E-state index is 0.0282. The van der Waals surface area contributed by atoms with Gasteiger partial charge in [0.1, 0.15) is 17.2 Å². The van der Waals surface area contributed by atoms with E-state index in [0.717, 1.165) is 0 Å². The minimum atomic E-state index is -1.31. The highest BCUT2D eigenvalue weighted by molar-refractivity contribution is 5.85. The van der Waals surface area contributed by atoms with Gasteiger partial charge in [0.2, 0.25) is 5.91 Å². The Bertz CT molecular complexity index is 567. The van der Waals surface area contributed by atoms with Crippen LogP contribution in [0.15, 0.2) is 30.3 Å². The summed E-state index contributed by atoms with van der Waals surface area (Å²) in [6.07, 6.45) is -0.589. The monoisotopic (exact) mass is 306 g/mol. The lowest BCUT2D eigenvalue weighted by atomic mass is 9.91. The van der Waals surface area contributed by atoms with Crippen molar-refractivity contribution < 1.29 is 19.4 Å². The first kappa shape index (κ1) is 16.3. The van der Waals surface area contributed by atoms with Gasteiger partial charge in [0, 0.05) is 6.42 Å². The second-order valence-electron chi connectivity index (χ2n) is 6.63. The topological polar surface area (TPSA) is 92.9 Å². The second-order valence-corrected chi connectivity index (χ2v) is 6.63. The summed E-state index contributed by atoms with van der Waals surface area (Å²) < 4.78 is 5.30. The maximum Gasteiger partial charge on any atom is 0.411 e. The van der Waals surface area contributed by atoms with Gasteiger partial charge in [0.25, 0.3) is 0 Å². The molecule has 0 aromatic heterocycles. The molecule has 2 rings (SSSR count). The van der Waals surface area contributed by atoms with Gasteiger partial charge in [-0.05, 0) is 26.3 Å². The van der Waals surface area contributed by atoms with Gasteiger partial charge in [-0.1, -0.05) is 30.3 Å². The molecule has 1 aromatic carbocycles. The Labute approximate surface area is 129 Å². The molecule has 6 nitrogen and oxygen atoms in total. The molecule has 2 atom stereocenters. The van der Waals surface area contributed by atoms with Crippen molar-refractivity contribution in [3.63, 3.8) is 0 Å². The first-order valence-electron chi connectivity index (χ1n) is 7.19. The molecule has 0 saturated carbocycles. The maximum absolute atomic E-state index is 12.3. The highest BCUT2D eigenvalue weighted by Crippen LogP contribution is 2.36. The number of amides is 2. The van der Waals surface area contributed by atoms with Crippen LogP contribution in [-0.4, -0.2) is 40.2 Å². The van der Waals surface area contributed by atoms with Gasteiger partial charge < -0.3 is 15.6 Å². The number of ether oxygens (including phenoxy) is 1. The van der Waals surface area contributed by atoms with Crippen LogP contribution in [0.25, 0.3) is 0 Å². The second kappa shape index (κ2) is 5.61. The summed E-state index contributed by atoms with van der Waals surface area (Å²) in [5, 5.41) is 10.8. The molecule has 120 valence electrons. The normalized spacial score (nSPS) is 25.1. The van der Waals surface area contributed by atoms with Crippen LogP contribution >= 0.6 is 0 Å². The van der Waals surface area contributed by atoms with Crippen molar-refractivity contribution in [2.75, 3.05) is 6.54 Å². The third kappa shape index (κ3) is 3.39. The van der Waals surface area contributed by atoms with Crippen LogP contribution in [0.2, 0.25) is 0 Å². The molecule has 1 aliphatic rings.